The first-order valence-corrected chi connectivity index (χ1v) is 3.09. The van der Waals surface area contributed by atoms with Crippen LogP contribution in [0.25, 0.3) is 0 Å². The van der Waals surface area contributed by atoms with E-state index in [1.807, 2.05) is 13.0 Å². The monoisotopic (exact) mass is 136 g/mol. The predicted octanol–water partition coefficient (Wildman–Crippen LogP) is 1.44. The van der Waals surface area contributed by atoms with Crippen LogP contribution in [0.1, 0.15) is 5.56 Å². The molecule has 0 heterocycles. The highest BCUT2D eigenvalue weighted by Gasteiger charge is 1.83. The summed E-state index contributed by atoms with van der Waals surface area (Å²) < 4.78 is 0. The van der Waals surface area contributed by atoms with E-state index in [1.165, 1.54) is 0 Å². The standard InChI is InChI=1S/C7H6BCl/c1-5-4-6(9)2-3-7(5)8/h2-4H,1H3/q-1. The molecule has 1 rings (SSSR count). The van der Waals surface area contributed by atoms with Gasteiger partial charge in [-0.3, -0.25) is 0 Å². The number of halogens is 1. The van der Waals surface area contributed by atoms with E-state index in [9.17, 15) is 0 Å². The van der Waals surface area contributed by atoms with Crippen LogP contribution < -0.4 is 5.46 Å². The van der Waals surface area contributed by atoms with Crippen LogP contribution in [0.15, 0.2) is 18.2 Å². The van der Waals surface area contributed by atoms with Crippen molar-refractivity contribution < 1.29 is 0 Å². The lowest BCUT2D eigenvalue weighted by Gasteiger charge is -2.10. The second-order valence-electron chi connectivity index (χ2n) is 2.00. The lowest BCUT2D eigenvalue weighted by atomic mass is 9.92. The van der Waals surface area contributed by atoms with E-state index in [2.05, 4.69) is 0 Å². The fourth-order valence-corrected chi connectivity index (χ4v) is 0.866. The van der Waals surface area contributed by atoms with E-state index in [0.29, 0.717) is 0 Å². The third-order valence-electron chi connectivity index (χ3n) is 1.23. The van der Waals surface area contributed by atoms with E-state index in [4.69, 9.17) is 19.4 Å². The highest BCUT2D eigenvalue weighted by Crippen LogP contribution is 2.06. The van der Waals surface area contributed by atoms with Crippen molar-refractivity contribution >= 4 is 24.9 Å². The first-order valence-electron chi connectivity index (χ1n) is 2.72. The Hall–Kier alpha value is -0.425. The van der Waals surface area contributed by atoms with Crippen LogP contribution in [0.3, 0.4) is 0 Å². The van der Waals surface area contributed by atoms with Crippen LogP contribution in [0, 0.1) is 6.92 Å². The lowest BCUT2D eigenvalue weighted by Crippen LogP contribution is -2.04. The summed E-state index contributed by atoms with van der Waals surface area (Å²) in [7, 11) is 5.53. The molecule has 1 aromatic rings. The van der Waals surface area contributed by atoms with Crippen LogP contribution in [-0.4, -0.2) is 7.85 Å². The third kappa shape index (κ3) is 1.49. The van der Waals surface area contributed by atoms with Crippen LogP contribution in [0.5, 0.6) is 0 Å². The van der Waals surface area contributed by atoms with Gasteiger partial charge in [0, 0.05) is 5.02 Å². The maximum atomic E-state index is 5.66. The molecule has 0 saturated heterocycles. The molecule has 0 unspecified atom stereocenters. The summed E-state index contributed by atoms with van der Waals surface area (Å²) in [4.78, 5) is 0. The van der Waals surface area contributed by atoms with E-state index in [1.54, 1.807) is 12.1 Å². The quantitative estimate of drug-likeness (QED) is 0.474. The molecule has 45 valence electrons. The van der Waals surface area contributed by atoms with Gasteiger partial charge in [-0.25, -0.2) is 0 Å². The molecule has 0 aliphatic heterocycles. The number of hydrogen-bond acceptors (Lipinski definition) is 0. The van der Waals surface area contributed by atoms with Crippen LogP contribution in [0.4, 0.5) is 0 Å². The van der Waals surface area contributed by atoms with Gasteiger partial charge in [-0.15, -0.1) is 6.07 Å². The molecular weight excluding hydrogens is 130 g/mol. The average molecular weight is 136 g/mol. The van der Waals surface area contributed by atoms with Crippen molar-refractivity contribution in [2.75, 3.05) is 0 Å². The number of rotatable bonds is 0. The zero-order chi connectivity index (χ0) is 6.85. The highest BCUT2D eigenvalue weighted by molar-refractivity contribution is 6.35. The Morgan fingerprint density at radius 1 is 1.44 bits per heavy atom. The van der Waals surface area contributed by atoms with Gasteiger partial charge in [0.05, 0.1) is 0 Å². The van der Waals surface area contributed by atoms with Gasteiger partial charge >= 0.3 is 0 Å². The van der Waals surface area contributed by atoms with Gasteiger partial charge in [-0.2, -0.15) is 0 Å². The Morgan fingerprint density at radius 2 is 2.11 bits per heavy atom. The van der Waals surface area contributed by atoms with Gasteiger partial charge < -0.3 is 13.3 Å². The number of aryl methyl sites for hydroxylation is 1. The first-order chi connectivity index (χ1) is 4.20. The second-order valence-corrected chi connectivity index (χ2v) is 2.44. The molecule has 0 N–H and O–H groups in total. The summed E-state index contributed by atoms with van der Waals surface area (Å²) in [5.74, 6) is 0. The molecule has 0 nitrogen and oxygen atoms in total. The van der Waals surface area contributed by atoms with Crippen molar-refractivity contribution in [2.24, 2.45) is 0 Å². The molecule has 0 spiro atoms. The lowest BCUT2D eigenvalue weighted by molar-refractivity contribution is 1.52. The predicted molar refractivity (Wildman–Crippen MR) is 41.6 cm³/mol. The molecule has 1 aromatic carbocycles. The number of benzene rings is 1. The van der Waals surface area contributed by atoms with E-state index in [-0.39, 0.29) is 0 Å². The van der Waals surface area contributed by atoms with E-state index < -0.39 is 0 Å². The molecule has 0 bridgehead atoms. The molecule has 0 fully saturated rings. The molecule has 0 saturated carbocycles. The smallest absolute Gasteiger partial charge is 0.0406 e. The molecule has 0 aliphatic carbocycles. The van der Waals surface area contributed by atoms with Crippen molar-refractivity contribution in [3.8, 4) is 0 Å². The molecule has 9 heavy (non-hydrogen) atoms. The minimum absolute atomic E-state index is 0.738. The Labute approximate surface area is 61.3 Å². The molecule has 0 aliphatic rings. The van der Waals surface area contributed by atoms with Crippen LogP contribution in [0.2, 0.25) is 5.02 Å². The molecule has 2 heteroatoms. The average Bonchev–Trinajstić information content (AvgIpc) is 1.80. The van der Waals surface area contributed by atoms with Crippen molar-refractivity contribution in [1.29, 1.82) is 0 Å². The SMILES string of the molecule is [B-]c1ccc(Cl)cc1C. The second kappa shape index (κ2) is 2.44. The summed E-state index contributed by atoms with van der Waals surface area (Å²) in [6.07, 6.45) is 0. The van der Waals surface area contributed by atoms with Crippen LogP contribution in [-0.2, 0) is 0 Å². The van der Waals surface area contributed by atoms with Gasteiger partial charge in [0.15, 0.2) is 0 Å². The topological polar surface area (TPSA) is 0 Å². The Morgan fingerprint density at radius 3 is 2.56 bits per heavy atom. The van der Waals surface area contributed by atoms with Crippen molar-refractivity contribution in [3.63, 3.8) is 0 Å². The zero-order valence-electron chi connectivity index (χ0n) is 5.19. The number of hydrogen-bond donors (Lipinski definition) is 0. The highest BCUT2D eigenvalue weighted by atomic mass is 35.5. The summed E-state index contributed by atoms with van der Waals surface area (Å²) >= 11 is 5.66. The summed E-state index contributed by atoms with van der Waals surface area (Å²) in [5.41, 5.74) is 1.82. The Balaban J connectivity index is 3.17. The molecule has 0 amide bonds. The molecular formula is C7H6BCl-. The minimum atomic E-state index is 0.738. The fraction of sp³-hybridized carbons (Fsp3) is 0.143. The molecule has 0 atom stereocenters. The van der Waals surface area contributed by atoms with Gasteiger partial charge in [0.25, 0.3) is 0 Å². The summed E-state index contributed by atoms with van der Waals surface area (Å²) in [6.45, 7) is 1.93. The van der Waals surface area contributed by atoms with Gasteiger partial charge in [0.2, 0.25) is 0 Å². The maximum absolute atomic E-state index is 5.66. The van der Waals surface area contributed by atoms with Gasteiger partial charge in [0.1, 0.15) is 0 Å². The maximum Gasteiger partial charge on any atom is 0.0406 e. The summed E-state index contributed by atoms with van der Waals surface area (Å²) in [5, 5.41) is 0.738. The minimum Gasteiger partial charge on any atom is -0.580 e. The van der Waals surface area contributed by atoms with Crippen LogP contribution >= 0.6 is 11.6 Å². The van der Waals surface area contributed by atoms with Gasteiger partial charge in [-0.1, -0.05) is 17.2 Å². The third-order valence-corrected chi connectivity index (χ3v) is 1.47. The Bertz CT molecular complexity index is 220. The zero-order valence-corrected chi connectivity index (χ0v) is 5.94. The fourth-order valence-electron chi connectivity index (χ4n) is 0.639. The molecule has 0 aromatic heterocycles. The largest absolute Gasteiger partial charge is 0.580 e. The van der Waals surface area contributed by atoms with Crippen molar-refractivity contribution in [3.05, 3.63) is 28.8 Å². The normalized spacial score (nSPS) is 9.67. The summed E-state index contributed by atoms with van der Waals surface area (Å²) in [6, 6.07) is 5.43. The van der Waals surface area contributed by atoms with E-state index in [0.717, 1.165) is 16.0 Å². The molecule has 3 radical (unpaired) electrons. The van der Waals surface area contributed by atoms with Crippen molar-refractivity contribution in [2.45, 2.75) is 6.92 Å². The Kier molecular flexibility index (Phi) is 1.82. The van der Waals surface area contributed by atoms with Crippen molar-refractivity contribution in [1.82, 2.24) is 0 Å². The van der Waals surface area contributed by atoms with E-state index >= 15 is 0 Å². The van der Waals surface area contributed by atoms with Gasteiger partial charge in [-0.05, 0) is 19.1 Å². The first kappa shape index (κ1) is 6.69.